The van der Waals surface area contributed by atoms with Crippen molar-refractivity contribution >= 4 is 0 Å². The summed E-state index contributed by atoms with van der Waals surface area (Å²) in [6, 6.07) is 5.98. The molecule has 3 fully saturated rings. The fourth-order valence-corrected chi connectivity index (χ4v) is 7.10. The SMILES string of the molecule is C[C@]12CC[C@@H]3c4ccc(O)cc4CC[C@H]3[C@@H]1CCC2(O)C1CCCO1. The van der Waals surface area contributed by atoms with E-state index in [1.807, 2.05) is 12.1 Å². The molecule has 136 valence electrons. The minimum Gasteiger partial charge on any atom is -0.508 e. The molecule has 1 saturated heterocycles. The van der Waals surface area contributed by atoms with E-state index in [4.69, 9.17) is 4.74 Å². The minimum atomic E-state index is -0.631. The lowest BCUT2D eigenvalue weighted by molar-refractivity contribution is -0.168. The van der Waals surface area contributed by atoms with Crippen LogP contribution < -0.4 is 0 Å². The third kappa shape index (κ3) is 2.12. The molecule has 3 heteroatoms. The summed E-state index contributed by atoms with van der Waals surface area (Å²) in [6.45, 7) is 3.17. The maximum absolute atomic E-state index is 11.7. The summed E-state index contributed by atoms with van der Waals surface area (Å²) in [5.74, 6) is 2.27. The second kappa shape index (κ2) is 5.47. The number of phenols is 1. The van der Waals surface area contributed by atoms with Crippen molar-refractivity contribution in [3.63, 3.8) is 0 Å². The van der Waals surface area contributed by atoms with Crippen LogP contribution in [0.2, 0.25) is 0 Å². The van der Waals surface area contributed by atoms with Crippen LogP contribution in [-0.4, -0.2) is 28.5 Å². The molecule has 4 aliphatic rings. The van der Waals surface area contributed by atoms with E-state index in [2.05, 4.69) is 13.0 Å². The summed E-state index contributed by atoms with van der Waals surface area (Å²) >= 11 is 0. The van der Waals surface area contributed by atoms with Crippen molar-refractivity contribution in [1.82, 2.24) is 0 Å². The summed E-state index contributed by atoms with van der Waals surface area (Å²) in [5.41, 5.74) is 2.17. The van der Waals surface area contributed by atoms with Gasteiger partial charge in [0.1, 0.15) is 5.75 Å². The molecule has 5 rings (SSSR count). The highest BCUT2D eigenvalue weighted by molar-refractivity contribution is 5.40. The van der Waals surface area contributed by atoms with Gasteiger partial charge in [0.2, 0.25) is 0 Å². The average Bonchev–Trinajstić information content (AvgIpc) is 3.22. The number of fused-ring (bicyclic) bond motifs is 5. The smallest absolute Gasteiger partial charge is 0.115 e. The van der Waals surface area contributed by atoms with Crippen LogP contribution in [0, 0.1) is 17.3 Å². The molecule has 0 amide bonds. The van der Waals surface area contributed by atoms with E-state index in [-0.39, 0.29) is 11.5 Å². The van der Waals surface area contributed by atoms with Crippen LogP contribution in [0.1, 0.15) is 68.9 Å². The zero-order valence-corrected chi connectivity index (χ0v) is 15.2. The van der Waals surface area contributed by atoms with Gasteiger partial charge in [0.15, 0.2) is 0 Å². The van der Waals surface area contributed by atoms with E-state index in [0.29, 0.717) is 23.5 Å². The first-order chi connectivity index (χ1) is 12.0. The van der Waals surface area contributed by atoms with Crippen LogP contribution >= 0.6 is 0 Å². The van der Waals surface area contributed by atoms with Crippen molar-refractivity contribution < 1.29 is 14.9 Å². The summed E-state index contributed by atoms with van der Waals surface area (Å²) in [7, 11) is 0. The van der Waals surface area contributed by atoms with Gasteiger partial charge in [-0.25, -0.2) is 0 Å². The zero-order chi connectivity index (χ0) is 17.2. The van der Waals surface area contributed by atoms with E-state index < -0.39 is 5.60 Å². The maximum Gasteiger partial charge on any atom is 0.115 e. The van der Waals surface area contributed by atoms with E-state index in [0.717, 1.165) is 51.6 Å². The predicted molar refractivity (Wildman–Crippen MR) is 96.6 cm³/mol. The van der Waals surface area contributed by atoms with E-state index in [9.17, 15) is 10.2 Å². The molecule has 1 aromatic rings. The highest BCUT2D eigenvalue weighted by Gasteiger charge is 2.64. The van der Waals surface area contributed by atoms with Gasteiger partial charge in [-0.3, -0.25) is 0 Å². The lowest BCUT2D eigenvalue weighted by atomic mass is 9.52. The Hall–Kier alpha value is -1.06. The maximum atomic E-state index is 11.7. The second-order valence-electron chi connectivity index (χ2n) is 9.22. The van der Waals surface area contributed by atoms with Gasteiger partial charge in [-0.1, -0.05) is 13.0 Å². The molecule has 0 spiro atoms. The average molecular weight is 342 g/mol. The third-order valence-electron chi connectivity index (χ3n) is 8.39. The highest BCUT2D eigenvalue weighted by Crippen LogP contribution is 2.65. The topological polar surface area (TPSA) is 49.7 Å². The van der Waals surface area contributed by atoms with Crippen LogP contribution in [0.15, 0.2) is 18.2 Å². The fourth-order valence-electron chi connectivity index (χ4n) is 7.10. The van der Waals surface area contributed by atoms with Crippen molar-refractivity contribution in [2.75, 3.05) is 6.61 Å². The Balaban J connectivity index is 1.48. The molecule has 1 heterocycles. The first kappa shape index (κ1) is 16.1. The van der Waals surface area contributed by atoms with Crippen molar-refractivity contribution in [2.24, 2.45) is 17.3 Å². The molecule has 2 unspecified atom stereocenters. The molecule has 1 aliphatic heterocycles. The van der Waals surface area contributed by atoms with Gasteiger partial charge in [0.05, 0.1) is 11.7 Å². The van der Waals surface area contributed by atoms with Gasteiger partial charge in [0, 0.05) is 12.0 Å². The monoisotopic (exact) mass is 342 g/mol. The number of aliphatic hydroxyl groups is 1. The normalized spacial score (nSPS) is 45.7. The fraction of sp³-hybridized carbons (Fsp3) is 0.727. The molecule has 25 heavy (non-hydrogen) atoms. The number of phenolic OH excluding ortho intramolecular Hbond substituents is 1. The van der Waals surface area contributed by atoms with E-state index in [1.165, 1.54) is 17.5 Å². The van der Waals surface area contributed by atoms with Gasteiger partial charge in [-0.05, 0) is 92.4 Å². The summed E-state index contributed by atoms with van der Waals surface area (Å²) in [5, 5.41) is 21.5. The van der Waals surface area contributed by atoms with Gasteiger partial charge < -0.3 is 14.9 Å². The first-order valence-corrected chi connectivity index (χ1v) is 10.2. The summed E-state index contributed by atoms with van der Waals surface area (Å²) in [4.78, 5) is 0. The Morgan fingerprint density at radius 2 is 2.00 bits per heavy atom. The van der Waals surface area contributed by atoms with Crippen LogP contribution in [0.4, 0.5) is 0 Å². The van der Waals surface area contributed by atoms with Gasteiger partial charge in [-0.15, -0.1) is 0 Å². The van der Waals surface area contributed by atoms with Gasteiger partial charge >= 0.3 is 0 Å². The number of rotatable bonds is 1. The van der Waals surface area contributed by atoms with Crippen LogP contribution in [0.3, 0.4) is 0 Å². The first-order valence-electron chi connectivity index (χ1n) is 10.2. The predicted octanol–water partition coefficient (Wildman–Crippen LogP) is 4.16. The quantitative estimate of drug-likeness (QED) is 0.806. The Labute approximate surface area is 150 Å². The third-order valence-corrected chi connectivity index (χ3v) is 8.39. The molecule has 6 atom stereocenters. The minimum absolute atomic E-state index is 0.00239. The number of aryl methyl sites for hydroxylation is 1. The number of benzene rings is 1. The second-order valence-corrected chi connectivity index (χ2v) is 9.22. The highest BCUT2D eigenvalue weighted by atomic mass is 16.5. The molecule has 0 radical (unpaired) electrons. The lowest BCUT2D eigenvalue weighted by Crippen LogP contribution is -2.56. The van der Waals surface area contributed by atoms with Crippen LogP contribution in [0.5, 0.6) is 5.75 Å². The summed E-state index contributed by atoms with van der Waals surface area (Å²) < 4.78 is 5.98. The molecule has 3 aliphatic carbocycles. The number of hydrogen-bond donors (Lipinski definition) is 2. The Bertz CT molecular complexity index is 680. The summed E-state index contributed by atoms with van der Waals surface area (Å²) in [6.07, 6.45) is 8.73. The molecule has 2 saturated carbocycles. The largest absolute Gasteiger partial charge is 0.508 e. The van der Waals surface area contributed by atoms with Crippen molar-refractivity contribution in [3.05, 3.63) is 29.3 Å². The van der Waals surface area contributed by atoms with Crippen molar-refractivity contribution in [1.29, 1.82) is 0 Å². The van der Waals surface area contributed by atoms with Crippen LogP contribution in [0.25, 0.3) is 0 Å². The Morgan fingerprint density at radius 1 is 1.12 bits per heavy atom. The Morgan fingerprint density at radius 3 is 2.80 bits per heavy atom. The number of aromatic hydroxyl groups is 1. The number of ether oxygens (including phenoxy) is 1. The molecule has 0 bridgehead atoms. The molecule has 2 N–H and O–H groups in total. The van der Waals surface area contributed by atoms with Gasteiger partial charge in [-0.2, -0.15) is 0 Å². The standard InChI is InChI=1S/C22H30O3/c1-21-10-8-17-16-7-5-15(23)13-14(16)4-6-18(17)19(21)9-11-22(21,24)20-3-2-12-25-20/h5,7,13,17-20,23-24H,2-4,6,8-12H2,1H3/t17-,18-,19+,20?,21+,22?/m1/s1. The molecule has 1 aromatic carbocycles. The molecule has 0 aromatic heterocycles. The van der Waals surface area contributed by atoms with Gasteiger partial charge in [0.25, 0.3) is 0 Å². The number of hydrogen-bond acceptors (Lipinski definition) is 3. The van der Waals surface area contributed by atoms with E-state index in [1.54, 1.807) is 0 Å². The van der Waals surface area contributed by atoms with E-state index >= 15 is 0 Å². The molecular formula is C22H30O3. The lowest BCUT2D eigenvalue weighted by Gasteiger charge is -2.54. The van der Waals surface area contributed by atoms with Crippen molar-refractivity contribution in [2.45, 2.75) is 75.9 Å². The molecule has 3 nitrogen and oxygen atoms in total. The van der Waals surface area contributed by atoms with Crippen LogP contribution in [-0.2, 0) is 11.2 Å². The Kier molecular flexibility index (Phi) is 3.53. The zero-order valence-electron chi connectivity index (χ0n) is 15.2. The molecular weight excluding hydrogens is 312 g/mol. The van der Waals surface area contributed by atoms with Crippen molar-refractivity contribution in [3.8, 4) is 5.75 Å².